The van der Waals surface area contributed by atoms with Gasteiger partial charge in [0.2, 0.25) is 0 Å². The number of nitrogens with one attached hydrogen (secondary N) is 1. The molecule has 1 saturated heterocycles. The van der Waals surface area contributed by atoms with Gasteiger partial charge in [0.05, 0.1) is 0 Å². The zero-order chi connectivity index (χ0) is 15.5. The number of hydrogen-bond acceptors (Lipinski definition) is 4. The molecule has 1 N–H and O–H groups in total. The summed E-state index contributed by atoms with van der Waals surface area (Å²) in [5.41, 5.74) is 0.615. The fourth-order valence-corrected chi connectivity index (χ4v) is 2.51. The summed E-state index contributed by atoms with van der Waals surface area (Å²) in [5.74, 6) is 0. The molecule has 0 aliphatic carbocycles. The molecule has 1 amide bonds. The number of carbonyl (C=O) groups is 1. The normalized spacial score (nSPS) is 16.7. The number of pyridine rings is 1. The zero-order valence-electron chi connectivity index (χ0n) is 12.7. The first-order chi connectivity index (χ1) is 9.83. The molecule has 0 aromatic carbocycles. The molecule has 2 heterocycles. The fourth-order valence-electron chi connectivity index (χ4n) is 2.35. The Bertz CT molecular complexity index is 494. The van der Waals surface area contributed by atoms with Gasteiger partial charge in [-0.25, -0.2) is 9.78 Å². The molecule has 0 radical (unpaired) electrons. The minimum Gasteiger partial charge on any atom is -0.444 e. The number of amides is 1. The van der Waals surface area contributed by atoms with Crippen LogP contribution in [0, 0.1) is 0 Å². The number of ether oxygens (including phenoxy) is 1. The van der Waals surface area contributed by atoms with Crippen molar-refractivity contribution in [3.8, 4) is 0 Å². The Hall–Kier alpha value is -1.49. The number of hydrogen-bond donors (Lipinski definition) is 1. The average Bonchev–Trinajstić information content (AvgIpc) is 2.37. The molecule has 0 unspecified atom stereocenters. The van der Waals surface area contributed by atoms with Gasteiger partial charge in [0.15, 0.2) is 0 Å². The second-order valence-electron chi connectivity index (χ2n) is 6.24. The molecule has 0 bridgehead atoms. The lowest BCUT2D eigenvalue weighted by Crippen LogP contribution is -2.46. The van der Waals surface area contributed by atoms with Crippen molar-refractivity contribution in [2.75, 3.05) is 18.0 Å². The molecule has 0 spiro atoms. The van der Waals surface area contributed by atoms with Gasteiger partial charge in [-0.05, 0) is 45.7 Å². The van der Waals surface area contributed by atoms with E-state index in [9.17, 15) is 4.79 Å². The molecule has 5 nitrogen and oxygen atoms in total. The fraction of sp³-hybridized carbons (Fsp3) is 0.600. The number of piperidine rings is 1. The van der Waals surface area contributed by atoms with E-state index < -0.39 is 5.60 Å². The first-order valence-electron chi connectivity index (χ1n) is 7.19. The Morgan fingerprint density at radius 3 is 2.67 bits per heavy atom. The van der Waals surface area contributed by atoms with E-state index in [1.165, 1.54) is 0 Å². The SMILES string of the molecule is CC(C)(C)OC(=O)NC1CCN(c2ccnc(Cl)c2)CC1. The maximum Gasteiger partial charge on any atom is 0.407 e. The third kappa shape index (κ3) is 5.08. The lowest BCUT2D eigenvalue weighted by Gasteiger charge is -2.34. The Labute approximate surface area is 130 Å². The summed E-state index contributed by atoms with van der Waals surface area (Å²) in [5, 5.41) is 3.43. The van der Waals surface area contributed by atoms with E-state index >= 15 is 0 Å². The van der Waals surface area contributed by atoms with Crippen molar-refractivity contribution in [3.05, 3.63) is 23.5 Å². The summed E-state index contributed by atoms with van der Waals surface area (Å²) in [7, 11) is 0. The number of anilines is 1. The second-order valence-corrected chi connectivity index (χ2v) is 6.63. The number of nitrogens with zero attached hydrogens (tertiary/aromatic N) is 2. The van der Waals surface area contributed by atoms with E-state index in [1.807, 2.05) is 32.9 Å². The van der Waals surface area contributed by atoms with E-state index in [0.29, 0.717) is 5.15 Å². The van der Waals surface area contributed by atoms with Gasteiger partial charge in [0, 0.05) is 31.0 Å². The average molecular weight is 312 g/mol. The molecular formula is C15H22ClN3O2. The summed E-state index contributed by atoms with van der Waals surface area (Å²) in [4.78, 5) is 18.0. The summed E-state index contributed by atoms with van der Waals surface area (Å²) < 4.78 is 5.28. The van der Waals surface area contributed by atoms with Gasteiger partial charge >= 0.3 is 6.09 Å². The van der Waals surface area contributed by atoms with Crippen molar-refractivity contribution in [2.45, 2.75) is 45.3 Å². The van der Waals surface area contributed by atoms with Crippen LogP contribution in [0.2, 0.25) is 5.15 Å². The van der Waals surface area contributed by atoms with E-state index in [1.54, 1.807) is 6.20 Å². The van der Waals surface area contributed by atoms with Gasteiger partial charge in [-0.3, -0.25) is 0 Å². The van der Waals surface area contributed by atoms with Gasteiger partial charge in [-0.1, -0.05) is 11.6 Å². The van der Waals surface area contributed by atoms with Crippen LogP contribution in [0.15, 0.2) is 18.3 Å². The van der Waals surface area contributed by atoms with E-state index in [0.717, 1.165) is 31.6 Å². The van der Waals surface area contributed by atoms with Crippen LogP contribution in [0.4, 0.5) is 10.5 Å². The van der Waals surface area contributed by atoms with Crippen molar-refractivity contribution < 1.29 is 9.53 Å². The van der Waals surface area contributed by atoms with Gasteiger partial charge in [0.1, 0.15) is 10.8 Å². The van der Waals surface area contributed by atoms with Crippen LogP contribution in [0.3, 0.4) is 0 Å². The maximum absolute atomic E-state index is 11.8. The number of aromatic nitrogens is 1. The molecule has 6 heteroatoms. The number of rotatable bonds is 2. The highest BCUT2D eigenvalue weighted by molar-refractivity contribution is 6.29. The highest BCUT2D eigenvalue weighted by Crippen LogP contribution is 2.22. The smallest absolute Gasteiger partial charge is 0.407 e. The third-order valence-corrected chi connectivity index (χ3v) is 3.50. The van der Waals surface area contributed by atoms with Crippen molar-refractivity contribution >= 4 is 23.4 Å². The Morgan fingerprint density at radius 1 is 1.43 bits per heavy atom. The minimum atomic E-state index is -0.460. The highest BCUT2D eigenvalue weighted by atomic mass is 35.5. The first-order valence-corrected chi connectivity index (χ1v) is 7.57. The van der Waals surface area contributed by atoms with Crippen molar-refractivity contribution in [1.29, 1.82) is 0 Å². The van der Waals surface area contributed by atoms with Crippen molar-refractivity contribution in [1.82, 2.24) is 10.3 Å². The highest BCUT2D eigenvalue weighted by Gasteiger charge is 2.23. The summed E-state index contributed by atoms with van der Waals surface area (Å²) in [6.07, 6.45) is 3.15. The summed E-state index contributed by atoms with van der Waals surface area (Å²) in [6.45, 7) is 7.34. The Kier molecular flexibility index (Phi) is 4.93. The molecule has 0 atom stereocenters. The molecule has 1 aliphatic rings. The topological polar surface area (TPSA) is 54.5 Å². The lowest BCUT2D eigenvalue weighted by molar-refractivity contribution is 0.0497. The van der Waals surface area contributed by atoms with Gasteiger partial charge in [-0.15, -0.1) is 0 Å². The predicted octanol–water partition coefficient (Wildman–Crippen LogP) is 3.23. The monoisotopic (exact) mass is 311 g/mol. The third-order valence-electron chi connectivity index (χ3n) is 3.29. The number of carbonyl (C=O) groups excluding carboxylic acids is 1. The molecular weight excluding hydrogens is 290 g/mol. The van der Waals surface area contributed by atoms with Crippen LogP contribution >= 0.6 is 11.6 Å². The van der Waals surface area contributed by atoms with E-state index in [4.69, 9.17) is 16.3 Å². The van der Waals surface area contributed by atoms with Gasteiger partial charge in [0.25, 0.3) is 0 Å². The van der Waals surface area contributed by atoms with Crippen LogP contribution in [0.25, 0.3) is 0 Å². The summed E-state index contributed by atoms with van der Waals surface area (Å²) >= 11 is 5.91. The second kappa shape index (κ2) is 6.52. The van der Waals surface area contributed by atoms with Gasteiger partial charge < -0.3 is 15.0 Å². The number of alkyl carbamates (subject to hydrolysis) is 1. The molecule has 1 aromatic heterocycles. The van der Waals surface area contributed by atoms with E-state index in [-0.39, 0.29) is 12.1 Å². The lowest BCUT2D eigenvalue weighted by atomic mass is 10.0. The molecule has 1 aliphatic heterocycles. The van der Waals surface area contributed by atoms with Crippen LogP contribution in [-0.2, 0) is 4.74 Å². The first kappa shape index (κ1) is 15.9. The van der Waals surface area contributed by atoms with Crippen LogP contribution in [0.5, 0.6) is 0 Å². The largest absolute Gasteiger partial charge is 0.444 e. The molecule has 0 saturated carbocycles. The molecule has 1 aromatic rings. The molecule has 21 heavy (non-hydrogen) atoms. The standard InChI is InChI=1S/C15H22ClN3O2/c1-15(2,3)21-14(20)18-11-5-8-19(9-6-11)12-4-7-17-13(16)10-12/h4,7,10-11H,5-6,8-9H2,1-3H3,(H,18,20). The predicted molar refractivity (Wildman–Crippen MR) is 83.9 cm³/mol. The molecule has 1 fully saturated rings. The van der Waals surface area contributed by atoms with Crippen molar-refractivity contribution in [3.63, 3.8) is 0 Å². The quantitative estimate of drug-likeness (QED) is 0.852. The van der Waals surface area contributed by atoms with Crippen molar-refractivity contribution in [2.24, 2.45) is 0 Å². The Morgan fingerprint density at radius 2 is 2.10 bits per heavy atom. The Balaban J connectivity index is 1.82. The number of halogens is 1. The van der Waals surface area contributed by atoms with Crippen LogP contribution in [0.1, 0.15) is 33.6 Å². The summed E-state index contributed by atoms with van der Waals surface area (Å²) in [6, 6.07) is 3.98. The van der Waals surface area contributed by atoms with Gasteiger partial charge in [-0.2, -0.15) is 0 Å². The maximum atomic E-state index is 11.8. The minimum absolute atomic E-state index is 0.161. The molecule has 116 valence electrons. The van der Waals surface area contributed by atoms with Crippen LogP contribution < -0.4 is 10.2 Å². The van der Waals surface area contributed by atoms with E-state index in [2.05, 4.69) is 15.2 Å². The van der Waals surface area contributed by atoms with Crippen LogP contribution in [-0.4, -0.2) is 35.8 Å². The zero-order valence-corrected chi connectivity index (χ0v) is 13.5. The molecule has 2 rings (SSSR count).